The van der Waals surface area contributed by atoms with Crippen LogP contribution in [-0.2, 0) is 4.79 Å². The fourth-order valence-electron chi connectivity index (χ4n) is 2.58. The maximum atomic E-state index is 12.0. The van der Waals surface area contributed by atoms with Gasteiger partial charge >= 0.3 is 0 Å². The molecule has 1 aliphatic carbocycles. The van der Waals surface area contributed by atoms with Gasteiger partial charge in [-0.05, 0) is 43.4 Å². The van der Waals surface area contributed by atoms with Crippen molar-refractivity contribution in [1.29, 1.82) is 0 Å². The van der Waals surface area contributed by atoms with Crippen LogP contribution in [0.5, 0.6) is 0 Å². The molecule has 1 aliphatic rings. The van der Waals surface area contributed by atoms with Crippen LogP contribution in [0.15, 0.2) is 18.2 Å². The van der Waals surface area contributed by atoms with E-state index in [-0.39, 0.29) is 5.91 Å². The maximum Gasteiger partial charge on any atom is 0.224 e. The van der Waals surface area contributed by atoms with Gasteiger partial charge in [-0.1, -0.05) is 36.9 Å². The van der Waals surface area contributed by atoms with Gasteiger partial charge in [-0.3, -0.25) is 4.79 Å². The lowest BCUT2D eigenvalue weighted by Crippen LogP contribution is -2.18. The van der Waals surface area contributed by atoms with Crippen LogP contribution >= 0.6 is 11.6 Å². The standard InChI is InChI=1S/C15H20ClNO/c1-11-7-8-13(16)10-14(11)17-15(18)9-12-5-3-2-4-6-12/h7-8,10,12H,2-6,9H2,1H3,(H,17,18). The number of hydrogen-bond donors (Lipinski definition) is 1. The van der Waals surface area contributed by atoms with Crippen LogP contribution in [0, 0.1) is 12.8 Å². The Bertz CT molecular complexity index is 425. The van der Waals surface area contributed by atoms with Crippen LogP contribution in [0.1, 0.15) is 44.1 Å². The van der Waals surface area contributed by atoms with E-state index in [9.17, 15) is 4.79 Å². The lowest BCUT2D eigenvalue weighted by molar-refractivity contribution is -0.117. The fraction of sp³-hybridized carbons (Fsp3) is 0.533. The average molecular weight is 266 g/mol. The van der Waals surface area contributed by atoms with E-state index >= 15 is 0 Å². The fourth-order valence-corrected chi connectivity index (χ4v) is 2.76. The molecule has 0 radical (unpaired) electrons. The number of carbonyl (C=O) groups is 1. The highest BCUT2D eigenvalue weighted by atomic mass is 35.5. The van der Waals surface area contributed by atoms with Crippen molar-refractivity contribution in [2.24, 2.45) is 5.92 Å². The number of anilines is 1. The minimum Gasteiger partial charge on any atom is -0.326 e. The van der Waals surface area contributed by atoms with Gasteiger partial charge in [0.1, 0.15) is 0 Å². The summed E-state index contributed by atoms with van der Waals surface area (Å²) >= 11 is 5.94. The molecule has 0 aromatic heterocycles. The number of amides is 1. The van der Waals surface area contributed by atoms with Crippen LogP contribution in [0.2, 0.25) is 5.02 Å². The molecule has 0 heterocycles. The highest BCUT2D eigenvalue weighted by molar-refractivity contribution is 6.31. The highest BCUT2D eigenvalue weighted by Crippen LogP contribution is 2.27. The van der Waals surface area contributed by atoms with Gasteiger partial charge in [0.05, 0.1) is 0 Å². The number of rotatable bonds is 3. The first-order valence-corrected chi connectivity index (χ1v) is 7.09. The summed E-state index contributed by atoms with van der Waals surface area (Å²) in [5.74, 6) is 0.686. The predicted molar refractivity (Wildman–Crippen MR) is 76.0 cm³/mol. The normalized spacial score (nSPS) is 16.6. The SMILES string of the molecule is Cc1ccc(Cl)cc1NC(=O)CC1CCCCC1. The van der Waals surface area contributed by atoms with Gasteiger partial charge in [-0.2, -0.15) is 0 Å². The van der Waals surface area contributed by atoms with Crippen LogP contribution in [0.25, 0.3) is 0 Å². The average Bonchev–Trinajstić information content (AvgIpc) is 2.35. The van der Waals surface area contributed by atoms with Crippen LogP contribution in [-0.4, -0.2) is 5.91 Å². The van der Waals surface area contributed by atoms with Gasteiger partial charge in [0.2, 0.25) is 5.91 Å². The van der Waals surface area contributed by atoms with E-state index in [4.69, 9.17) is 11.6 Å². The van der Waals surface area contributed by atoms with E-state index in [2.05, 4.69) is 5.32 Å². The topological polar surface area (TPSA) is 29.1 Å². The molecule has 1 fully saturated rings. The minimum absolute atomic E-state index is 0.118. The first kappa shape index (κ1) is 13.4. The second-order valence-corrected chi connectivity index (χ2v) is 5.65. The van der Waals surface area contributed by atoms with E-state index in [1.165, 1.54) is 32.1 Å². The molecule has 18 heavy (non-hydrogen) atoms. The minimum atomic E-state index is 0.118. The van der Waals surface area contributed by atoms with E-state index in [0.717, 1.165) is 11.3 Å². The Kier molecular flexibility index (Phi) is 4.65. The molecule has 2 nitrogen and oxygen atoms in total. The summed E-state index contributed by atoms with van der Waals surface area (Å²) in [5, 5.41) is 3.64. The van der Waals surface area contributed by atoms with Gasteiger partial charge in [0.15, 0.2) is 0 Å². The molecule has 0 saturated heterocycles. The monoisotopic (exact) mass is 265 g/mol. The Morgan fingerprint density at radius 3 is 2.78 bits per heavy atom. The zero-order valence-corrected chi connectivity index (χ0v) is 11.6. The summed E-state index contributed by atoms with van der Waals surface area (Å²) in [7, 11) is 0. The van der Waals surface area contributed by atoms with Gasteiger partial charge in [-0.25, -0.2) is 0 Å². The van der Waals surface area contributed by atoms with E-state index < -0.39 is 0 Å². The quantitative estimate of drug-likeness (QED) is 0.853. The third-order valence-corrected chi connectivity index (χ3v) is 3.91. The van der Waals surface area contributed by atoms with E-state index in [0.29, 0.717) is 17.4 Å². The Morgan fingerprint density at radius 1 is 1.33 bits per heavy atom. The molecule has 1 saturated carbocycles. The number of benzene rings is 1. The molecule has 3 heteroatoms. The highest BCUT2D eigenvalue weighted by Gasteiger charge is 2.17. The second-order valence-electron chi connectivity index (χ2n) is 5.22. The molecule has 0 unspecified atom stereocenters. The van der Waals surface area contributed by atoms with Crippen LogP contribution in [0.4, 0.5) is 5.69 Å². The molecule has 1 aromatic carbocycles. The van der Waals surface area contributed by atoms with Crippen molar-refractivity contribution in [3.8, 4) is 0 Å². The van der Waals surface area contributed by atoms with Crippen LogP contribution < -0.4 is 5.32 Å². The molecular formula is C15H20ClNO. The molecule has 2 rings (SSSR count). The predicted octanol–water partition coefficient (Wildman–Crippen LogP) is 4.56. The summed E-state index contributed by atoms with van der Waals surface area (Å²) in [4.78, 5) is 12.0. The molecule has 98 valence electrons. The summed E-state index contributed by atoms with van der Waals surface area (Å²) in [6.07, 6.45) is 6.91. The van der Waals surface area contributed by atoms with Crippen molar-refractivity contribution in [3.05, 3.63) is 28.8 Å². The van der Waals surface area contributed by atoms with Crippen LogP contribution in [0.3, 0.4) is 0 Å². The van der Waals surface area contributed by atoms with Gasteiger partial charge in [0.25, 0.3) is 0 Å². The lowest BCUT2D eigenvalue weighted by Gasteiger charge is -2.21. The molecule has 0 spiro atoms. The van der Waals surface area contributed by atoms with Crippen molar-refractivity contribution < 1.29 is 4.79 Å². The van der Waals surface area contributed by atoms with Gasteiger partial charge in [0, 0.05) is 17.1 Å². The first-order valence-electron chi connectivity index (χ1n) is 6.71. The van der Waals surface area contributed by atoms with Crippen molar-refractivity contribution in [1.82, 2.24) is 0 Å². The van der Waals surface area contributed by atoms with Crippen molar-refractivity contribution in [2.75, 3.05) is 5.32 Å². The zero-order chi connectivity index (χ0) is 13.0. The Hall–Kier alpha value is -1.02. The Balaban J connectivity index is 1.92. The summed E-state index contributed by atoms with van der Waals surface area (Å²) in [5.41, 5.74) is 1.89. The van der Waals surface area contributed by atoms with Crippen molar-refractivity contribution in [3.63, 3.8) is 0 Å². The molecule has 0 atom stereocenters. The molecule has 0 bridgehead atoms. The summed E-state index contributed by atoms with van der Waals surface area (Å²) in [6.45, 7) is 1.98. The van der Waals surface area contributed by atoms with E-state index in [1.807, 2.05) is 25.1 Å². The third-order valence-electron chi connectivity index (χ3n) is 3.67. The van der Waals surface area contributed by atoms with Gasteiger partial charge < -0.3 is 5.32 Å². The second kappa shape index (κ2) is 6.24. The van der Waals surface area contributed by atoms with Crippen molar-refractivity contribution in [2.45, 2.75) is 45.4 Å². The number of carbonyl (C=O) groups excluding carboxylic acids is 1. The maximum absolute atomic E-state index is 12.0. The number of halogens is 1. The molecule has 1 amide bonds. The van der Waals surface area contributed by atoms with Crippen molar-refractivity contribution >= 4 is 23.2 Å². The smallest absolute Gasteiger partial charge is 0.224 e. The van der Waals surface area contributed by atoms with Gasteiger partial charge in [-0.15, -0.1) is 0 Å². The number of nitrogens with one attached hydrogen (secondary N) is 1. The van der Waals surface area contributed by atoms with E-state index in [1.54, 1.807) is 0 Å². The third kappa shape index (κ3) is 3.74. The zero-order valence-electron chi connectivity index (χ0n) is 10.8. The summed E-state index contributed by atoms with van der Waals surface area (Å²) < 4.78 is 0. The largest absolute Gasteiger partial charge is 0.326 e. The molecule has 0 aliphatic heterocycles. The first-order chi connectivity index (χ1) is 8.65. The molecule has 1 aromatic rings. The number of hydrogen-bond acceptors (Lipinski definition) is 1. The Labute approximate surface area is 114 Å². The number of aryl methyl sites for hydroxylation is 1. The molecular weight excluding hydrogens is 246 g/mol. The summed E-state index contributed by atoms with van der Waals surface area (Å²) in [6, 6.07) is 5.59. The lowest BCUT2D eigenvalue weighted by atomic mass is 9.87. The Morgan fingerprint density at radius 2 is 2.06 bits per heavy atom. The molecule has 1 N–H and O–H groups in total.